The quantitative estimate of drug-likeness (QED) is 0.734. The zero-order chi connectivity index (χ0) is 9.84. The molecule has 72 valence electrons. The number of para-hydroxylation sites is 1. The smallest absolute Gasteiger partial charge is 0.127 e. The second-order valence-corrected chi connectivity index (χ2v) is 2.90. The molecule has 2 N–H and O–H groups in total. The van der Waals surface area contributed by atoms with Gasteiger partial charge in [0.1, 0.15) is 11.9 Å². The molecule has 0 aromatic heterocycles. The summed E-state index contributed by atoms with van der Waals surface area (Å²) >= 11 is 0. The van der Waals surface area contributed by atoms with E-state index in [2.05, 4.69) is 0 Å². The number of methoxy groups -OCH3 is 1. The molecule has 0 radical (unpaired) electrons. The van der Waals surface area contributed by atoms with E-state index in [0.717, 1.165) is 5.56 Å². The maximum absolute atomic E-state index is 9.44. The average Bonchev–Trinajstić information content (AvgIpc) is 2.16. The van der Waals surface area contributed by atoms with Crippen LogP contribution in [0.5, 0.6) is 5.75 Å². The minimum atomic E-state index is -0.866. The predicted molar refractivity (Wildman–Crippen MR) is 49.8 cm³/mol. The van der Waals surface area contributed by atoms with E-state index >= 15 is 0 Å². The molecule has 0 heterocycles. The number of benzene rings is 1. The van der Waals surface area contributed by atoms with Gasteiger partial charge in [-0.05, 0) is 12.5 Å². The summed E-state index contributed by atoms with van der Waals surface area (Å²) in [5.74, 6) is 0.643. The lowest BCUT2D eigenvalue weighted by molar-refractivity contribution is 0.0933. The molecule has 0 amide bonds. The van der Waals surface area contributed by atoms with Crippen molar-refractivity contribution >= 4 is 0 Å². The molecule has 1 atom stereocenters. The largest absolute Gasteiger partial charge is 0.496 e. The lowest BCUT2D eigenvalue weighted by Gasteiger charge is -2.14. The van der Waals surface area contributed by atoms with Crippen LogP contribution in [0.4, 0.5) is 0 Å². The molecule has 0 bridgehead atoms. The molecule has 1 unspecified atom stereocenters. The topological polar surface area (TPSA) is 49.7 Å². The lowest BCUT2D eigenvalue weighted by Crippen LogP contribution is -2.05. The number of aliphatic hydroxyl groups is 2. The Morgan fingerprint density at radius 3 is 2.69 bits per heavy atom. The first kappa shape index (κ1) is 10.0. The second kappa shape index (κ2) is 4.25. The SMILES string of the molecule is COc1c(C)cccc1C(O)CO. The second-order valence-electron chi connectivity index (χ2n) is 2.90. The van der Waals surface area contributed by atoms with Gasteiger partial charge in [0.25, 0.3) is 0 Å². The number of rotatable bonds is 3. The summed E-state index contributed by atoms with van der Waals surface area (Å²) in [6.07, 6.45) is -0.866. The summed E-state index contributed by atoms with van der Waals surface area (Å²) in [6, 6.07) is 5.46. The molecular formula is C10H14O3. The highest BCUT2D eigenvalue weighted by atomic mass is 16.5. The standard InChI is InChI=1S/C10H14O3/c1-7-4-3-5-8(9(12)6-11)10(7)13-2/h3-5,9,11-12H,6H2,1-2H3. The Hall–Kier alpha value is -1.06. The summed E-state index contributed by atoms with van der Waals surface area (Å²) in [7, 11) is 1.55. The number of aliphatic hydroxyl groups excluding tert-OH is 2. The van der Waals surface area contributed by atoms with E-state index in [-0.39, 0.29) is 6.61 Å². The normalized spacial score (nSPS) is 12.6. The maximum atomic E-state index is 9.44. The number of aryl methyl sites for hydroxylation is 1. The third-order valence-electron chi connectivity index (χ3n) is 1.98. The van der Waals surface area contributed by atoms with Crippen molar-refractivity contribution in [2.45, 2.75) is 13.0 Å². The van der Waals surface area contributed by atoms with Gasteiger partial charge in [0, 0.05) is 5.56 Å². The van der Waals surface area contributed by atoms with Gasteiger partial charge in [-0.1, -0.05) is 18.2 Å². The van der Waals surface area contributed by atoms with Gasteiger partial charge in [0.05, 0.1) is 13.7 Å². The van der Waals surface area contributed by atoms with Crippen molar-refractivity contribution in [2.24, 2.45) is 0 Å². The van der Waals surface area contributed by atoms with E-state index in [0.29, 0.717) is 11.3 Å². The zero-order valence-corrected chi connectivity index (χ0v) is 7.82. The highest BCUT2D eigenvalue weighted by Crippen LogP contribution is 2.27. The molecule has 1 aromatic rings. The summed E-state index contributed by atoms with van der Waals surface area (Å²) in [6.45, 7) is 1.60. The van der Waals surface area contributed by atoms with Crippen LogP contribution in [0.25, 0.3) is 0 Å². The van der Waals surface area contributed by atoms with Crippen LogP contribution in [0.1, 0.15) is 17.2 Å². The third kappa shape index (κ3) is 1.99. The molecule has 0 aliphatic carbocycles. The van der Waals surface area contributed by atoms with Crippen LogP contribution in [-0.4, -0.2) is 23.9 Å². The summed E-state index contributed by atoms with van der Waals surface area (Å²) in [4.78, 5) is 0. The number of hydrogen-bond acceptors (Lipinski definition) is 3. The van der Waals surface area contributed by atoms with Gasteiger partial charge in [0.2, 0.25) is 0 Å². The van der Waals surface area contributed by atoms with Crippen LogP contribution in [0, 0.1) is 6.92 Å². The molecule has 0 spiro atoms. The Bertz CT molecular complexity index is 283. The fourth-order valence-corrected chi connectivity index (χ4v) is 1.31. The van der Waals surface area contributed by atoms with E-state index in [9.17, 15) is 5.11 Å². The van der Waals surface area contributed by atoms with Gasteiger partial charge in [-0.2, -0.15) is 0 Å². The number of ether oxygens (including phenoxy) is 1. The van der Waals surface area contributed by atoms with E-state index in [1.165, 1.54) is 0 Å². The summed E-state index contributed by atoms with van der Waals surface area (Å²) in [5.41, 5.74) is 1.58. The Balaban J connectivity index is 3.12. The maximum Gasteiger partial charge on any atom is 0.127 e. The molecule has 0 saturated heterocycles. The van der Waals surface area contributed by atoms with E-state index in [1.807, 2.05) is 19.1 Å². The van der Waals surface area contributed by atoms with Crippen molar-refractivity contribution in [3.63, 3.8) is 0 Å². The fourth-order valence-electron chi connectivity index (χ4n) is 1.31. The first-order valence-corrected chi connectivity index (χ1v) is 4.13. The van der Waals surface area contributed by atoms with Crippen molar-refractivity contribution in [2.75, 3.05) is 13.7 Å². The van der Waals surface area contributed by atoms with Crippen LogP contribution in [0.3, 0.4) is 0 Å². The van der Waals surface area contributed by atoms with Crippen LogP contribution in [-0.2, 0) is 0 Å². The Labute approximate surface area is 77.6 Å². The summed E-state index contributed by atoms with van der Waals surface area (Å²) < 4.78 is 5.13. The van der Waals surface area contributed by atoms with E-state index in [1.54, 1.807) is 13.2 Å². The van der Waals surface area contributed by atoms with Crippen molar-refractivity contribution in [3.8, 4) is 5.75 Å². The highest BCUT2D eigenvalue weighted by molar-refractivity contribution is 5.41. The van der Waals surface area contributed by atoms with Gasteiger partial charge in [-0.15, -0.1) is 0 Å². The van der Waals surface area contributed by atoms with Gasteiger partial charge < -0.3 is 14.9 Å². The zero-order valence-electron chi connectivity index (χ0n) is 7.82. The Morgan fingerprint density at radius 2 is 2.15 bits per heavy atom. The third-order valence-corrected chi connectivity index (χ3v) is 1.98. The van der Waals surface area contributed by atoms with Gasteiger partial charge >= 0.3 is 0 Å². The Kier molecular flexibility index (Phi) is 3.28. The van der Waals surface area contributed by atoms with Gasteiger partial charge in [-0.25, -0.2) is 0 Å². The monoisotopic (exact) mass is 182 g/mol. The molecule has 3 nitrogen and oxygen atoms in total. The predicted octanol–water partition coefficient (Wildman–Crippen LogP) is 1.03. The summed E-state index contributed by atoms with van der Waals surface area (Å²) in [5, 5.41) is 18.2. The molecule has 13 heavy (non-hydrogen) atoms. The lowest BCUT2D eigenvalue weighted by atomic mass is 10.1. The van der Waals surface area contributed by atoms with Crippen molar-refractivity contribution < 1.29 is 14.9 Å². The molecule has 3 heteroatoms. The first-order chi connectivity index (χ1) is 6.20. The van der Waals surface area contributed by atoms with Gasteiger partial charge in [0.15, 0.2) is 0 Å². The Morgan fingerprint density at radius 1 is 1.46 bits per heavy atom. The molecule has 1 rings (SSSR count). The minimum Gasteiger partial charge on any atom is -0.496 e. The highest BCUT2D eigenvalue weighted by Gasteiger charge is 2.12. The van der Waals surface area contributed by atoms with E-state index in [4.69, 9.17) is 9.84 Å². The van der Waals surface area contributed by atoms with Crippen molar-refractivity contribution in [1.29, 1.82) is 0 Å². The first-order valence-electron chi connectivity index (χ1n) is 4.13. The molecule has 0 aliphatic rings. The van der Waals surface area contributed by atoms with Crippen molar-refractivity contribution in [3.05, 3.63) is 29.3 Å². The average molecular weight is 182 g/mol. The molecule has 1 aromatic carbocycles. The molecule has 0 saturated carbocycles. The van der Waals surface area contributed by atoms with E-state index < -0.39 is 6.10 Å². The molecule has 0 aliphatic heterocycles. The number of hydrogen-bond donors (Lipinski definition) is 2. The van der Waals surface area contributed by atoms with Crippen molar-refractivity contribution in [1.82, 2.24) is 0 Å². The van der Waals surface area contributed by atoms with Crippen LogP contribution < -0.4 is 4.74 Å². The van der Waals surface area contributed by atoms with Crippen LogP contribution in [0.15, 0.2) is 18.2 Å². The van der Waals surface area contributed by atoms with Crippen LogP contribution >= 0.6 is 0 Å². The fraction of sp³-hybridized carbons (Fsp3) is 0.400. The molecular weight excluding hydrogens is 168 g/mol. The van der Waals surface area contributed by atoms with Crippen LogP contribution in [0.2, 0.25) is 0 Å². The molecule has 0 fully saturated rings. The van der Waals surface area contributed by atoms with Gasteiger partial charge in [-0.3, -0.25) is 0 Å². The minimum absolute atomic E-state index is 0.292.